The van der Waals surface area contributed by atoms with Gasteiger partial charge in [-0.3, -0.25) is 4.79 Å². The van der Waals surface area contributed by atoms with E-state index in [4.69, 9.17) is 5.73 Å². The van der Waals surface area contributed by atoms with Crippen LogP contribution < -0.4 is 11.1 Å². The number of amides is 1. The van der Waals surface area contributed by atoms with Gasteiger partial charge in [0, 0.05) is 13.0 Å². The summed E-state index contributed by atoms with van der Waals surface area (Å²) in [5.74, 6) is -1.03. The van der Waals surface area contributed by atoms with Crippen LogP contribution in [0.1, 0.15) is 32.8 Å². The lowest BCUT2D eigenvalue weighted by Crippen LogP contribution is -2.55. The number of rotatable bonds is 6. The molecule has 1 atom stereocenters. The Bertz CT molecular complexity index is 483. The van der Waals surface area contributed by atoms with Crippen LogP contribution in [0.2, 0.25) is 0 Å². The quantitative estimate of drug-likeness (QED) is 0.847. The number of nitrogens with two attached hydrogens (primary N) is 1. The van der Waals surface area contributed by atoms with E-state index in [1.54, 1.807) is 0 Å². The maximum Gasteiger partial charge on any atom is 0.220 e. The van der Waals surface area contributed by atoms with Gasteiger partial charge < -0.3 is 11.1 Å². The zero-order chi connectivity index (χ0) is 15.3. The fourth-order valence-corrected chi connectivity index (χ4v) is 1.80. The smallest absolute Gasteiger partial charge is 0.220 e. The highest BCUT2D eigenvalue weighted by Crippen LogP contribution is 2.16. The molecule has 6 heteroatoms. The van der Waals surface area contributed by atoms with E-state index in [0.717, 1.165) is 18.2 Å². The molecule has 0 aliphatic rings. The molecule has 0 aromatic heterocycles. The van der Waals surface area contributed by atoms with Gasteiger partial charge in [0.25, 0.3) is 0 Å². The minimum atomic E-state index is -0.504. The molecule has 1 aromatic carbocycles. The Morgan fingerprint density at radius 3 is 2.52 bits per heavy atom. The van der Waals surface area contributed by atoms with Gasteiger partial charge in [0.1, 0.15) is 11.6 Å². The largest absolute Gasteiger partial charge is 0.349 e. The first-order chi connectivity index (χ1) is 9.28. The normalized spacial score (nSPS) is 13.5. The average Bonchev–Trinajstić information content (AvgIpc) is 2.39. The van der Waals surface area contributed by atoms with E-state index in [2.05, 4.69) is 5.32 Å². The molecule has 0 radical (unpaired) electrons. The molecule has 0 saturated carbocycles. The third-order valence-electron chi connectivity index (χ3n) is 3.75. The summed E-state index contributed by atoms with van der Waals surface area (Å²) >= 11 is 0. The molecule has 0 spiro atoms. The minimum Gasteiger partial charge on any atom is -0.349 e. The van der Waals surface area contributed by atoms with Crippen molar-refractivity contribution in [2.24, 2.45) is 11.7 Å². The molecule has 1 unspecified atom stereocenters. The monoisotopic (exact) mass is 320 g/mol. The van der Waals surface area contributed by atoms with E-state index in [1.165, 1.54) is 0 Å². The summed E-state index contributed by atoms with van der Waals surface area (Å²) in [4.78, 5) is 11.9. The Morgan fingerprint density at radius 2 is 2.00 bits per heavy atom. The van der Waals surface area contributed by atoms with Crippen molar-refractivity contribution >= 4 is 18.3 Å². The van der Waals surface area contributed by atoms with Gasteiger partial charge in [0.15, 0.2) is 0 Å². The molecule has 0 bridgehead atoms. The van der Waals surface area contributed by atoms with E-state index >= 15 is 0 Å². The molecule has 21 heavy (non-hydrogen) atoms. The van der Waals surface area contributed by atoms with Crippen LogP contribution in [0.15, 0.2) is 18.2 Å². The lowest BCUT2D eigenvalue weighted by atomic mass is 9.88. The van der Waals surface area contributed by atoms with Crippen LogP contribution in [0.4, 0.5) is 8.78 Å². The SMILES string of the molecule is CC(C)C(C)(CN)NC(=O)CCc1cc(F)ccc1F.Cl. The second-order valence-electron chi connectivity index (χ2n) is 5.56. The molecule has 1 amide bonds. The van der Waals surface area contributed by atoms with Gasteiger partial charge in [-0.25, -0.2) is 8.78 Å². The number of hydrogen-bond donors (Lipinski definition) is 2. The predicted octanol–water partition coefficient (Wildman–Crippen LogP) is 2.81. The highest BCUT2D eigenvalue weighted by atomic mass is 35.5. The van der Waals surface area contributed by atoms with E-state index < -0.39 is 17.2 Å². The fourth-order valence-electron chi connectivity index (χ4n) is 1.80. The molecule has 0 fully saturated rings. The van der Waals surface area contributed by atoms with Crippen molar-refractivity contribution in [3.8, 4) is 0 Å². The number of aryl methyl sites for hydroxylation is 1. The van der Waals surface area contributed by atoms with Crippen molar-refractivity contribution in [3.63, 3.8) is 0 Å². The van der Waals surface area contributed by atoms with Crippen LogP contribution in [-0.2, 0) is 11.2 Å². The number of benzene rings is 1. The number of hydrogen-bond acceptors (Lipinski definition) is 2. The summed E-state index contributed by atoms with van der Waals surface area (Å²) in [5, 5.41) is 2.87. The van der Waals surface area contributed by atoms with Crippen molar-refractivity contribution in [1.82, 2.24) is 5.32 Å². The standard InChI is InChI=1S/C15H22F2N2O.ClH/c1-10(2)15(3,9-18)19-14(20)7-4-11-8-12(16)5-6-13(11)17;/h5-6,8,10H,4,7,9,18H2,1-3H3,(H,19,20);1H. The molecule has 120 valence electrons. The van der Waals surface area contributed by atoms with Crippen LogP contribution >= 0.6 is 12.4 Å². The zero-order valence-electron chi connectivity index (χ0n) is 12.6. The fraction of sp³-hybridized carbons (Fsp3) is 0.533. The zero-order valence-corrected chi connectivity index (χ0v) is 13.4. The van der Waals surface area contributed by atoms with Crippen molar-refractivity contribution < 1.29 is 13.6 Å². The summed E-state index contributed by atoms with van der Waals surface area (Å²) < 4.78 is 26.5. The van der Waals surface area contributed by atoms with Crippen LogP contribution in [-0.4, -0.2) is 18.0 Å². The Hall–Kier alpha value is -1.20. The topological polar surface area (TPSA) is 55.1 Å². The van der Waals surface area contributed by atoms with Crippen LogP contribution in [0, 0.1) is 17.6 Å². The van der Waals surface area contributed by atoms with Gasteiger partial charge in [0.05, 0.1) is 5.54 Å². The van der Waals surface area contributed by atoms with Gasteiger partial charge >= 0.3 is 0 Å². The minimum absolute atomic E-state index is 0. The molecule has 3 nitrogen and oxygen atoms in total. The van der Waals surface area contributed by atoms with E-state index in [-0.39, 0.29) is 42.6 Å². The number of carbonyl (C=O) groups is 1. The molecule has 1 rings (SSSR count). The highest BCUT2D eigenvalue weighted by molar-refractivity contribution is 5.85. The van der Waals surface area contributed by atoms with E-state index in [9.17, 15) is 13.6 Å². The molecule has 1 aromatic rings. The summed E-state index contributed by atoms with van der Waals surface area (Å²) in [7, 11) is 0. The van der Waals surface area contributed by atoms with Crippen LogP contribution in [0.3, 0.4) is 0 Å². The molecule has 3 N–H and O–H groups in total. The van der Waals surface area contributed by atoms with Gasteiger partial charge in [-0.15, -0.1) is 12.4 Å². The lowest BCUT2D eigenvalue weighted by Gasteiger charge is -2.33. The van der Waals surface area contributed by atoms with Crippen molar-refractivity contribution in [2.45, 2.75) is 39.2 Å². The third kappa shape index (κ3) is 5.59. The lowest BCUT2D eigenvalue weighted by molar-refractivity contribution is -0.123. The molecule has 0 aliphatic heterocycles. The van der Waals surface area contributed by atoms with Gasteiger partial charge in [-0.1, -0.05) is 13.8 Å². The number of halogens is 3. The Balaban J connectivity index is 0.00000400. The van der Waals surface area contributed by atoms with E-state index in [0.29, 0.717) is 6.54 Å². The molecule has 0 saturated heterocycles. The maximum absolute atomic E-state index is 13.4. The Morgan fingerprint density at radius 1 is 1.38 bits per heavy atom. The Kier molecular flexibility index (Phi) is 7.82. The van der Waals surface area contributed by atoms with Crippen LogP contribution in [0.5, 0.6) is 0 Å². The van der Waals surface area contributed by atoms with Gasteiger partial charge in [-0.2, -0.15) is 0 Å². The Labute approximate surface area is 130 Å². The summed E-state index contributed by atoms with van der Waals surface area (Å²) in [6, 6.07) is 3.25. The first kappa shape index (κ1) is 19.8. The van der Waals surface area contributed by atoms with Crippen molar-refractivity contribution in [3.05, 3.63) is 35.4 Å². The second kappa shape index (κ2) is 8.29. The van der Waals surface area contributed by atoms with Crippen molar-refractivity contribution in [1.29, 1.82) is 0 Å². The van der Waals surface area contributed by atoms with Gasteiger partial charge in [0.2, 0.25) is 5.91 Å². The highest BCUT2D eigenvalue weighted by Gasteiger charge is 2.28. The first-order valence-corrected chi connectivity index (χ1v) is 6.73. The summed E-state index contributed by atoms with van der Waals surface area (Å²) in [6.45, 7) is 6.14. The second-order valence-corrected chi connectivity index (χ2v) is 5.56. The molecular weight excluding hydrogens is 298 g/mol. The summed E-state index contributed by atoms with van der Waals surface area (Å²) in [6.07, 6.45) is 0.261. The maximum atomic E-state index is 13.4. The first-order valence-electron chi connectivity index (χ1n) is 6.73. The van der Waals surface area contributed by atoms with Gasteiger partial charge in [-0.05, 0) is 43.0 Å². The average molecular weight is 321 g/mol. The van der Waals surface area contributed by atoms with Crippen LogP contribution in [0.25, 0.3) is 0 Å². The predicted molar refractivity (Wildman–Crippen MR) is 82.4 cm³/mol. The third-order valence-corrected chi connectivity index (χ3v) is 3.75. The molecule has 0 aliphatic carbocycles. The summed E-state index contributed by atoms with van der Waals surface area (Å²) in [5.41, 5.74) is 5.40. The number of carbonyl (C=O) groups excluding carboxylic acids is 1. The van der Waals surface area contributed by atoms with E-state index in [1.807, 2.05) is 20.8 Å². The molecular formula is C15H23ClF2N2O. The number of nitrogens with one attached hydrogen (secondary N) is 1. The van der Waals surface area contributed by atoms with Crippen molar-refractivity contribution in [2.75, 3.05) is 6.54 Å². The molecule has 0 heterocycles.